The van der Waals surface area contributed by atoms with E-state index in [1.807, 2.05) is 19.1 Å². The standard InChI is InChI=1S/C15H26N2O2S/c1-5-7-13(8-6-2)17-14-10-9-12(3)15(11-14)20(18,19)16-4/h9-11,13,16-17H,5-8H2,1-4H3. The van der Waals surface area contributed by atoms with Crippen LogP contribution in [-0.2, 0) is 10.0 Å². The van der Waals surface area contributed by atoms with Crippen molar-refractivity contribution in [2.45, 2.75) is 57.4 Å². The Labute approximate surface area is 123 Å². The summed E-state index contributed by atoms with van der Waals surface area (Å²) in [5, 5.41) is 3.45. The Morgan fingerprint density at radius 3 is 2.25 bits per heavy atom. The van der Waals surface area contributed by atoms with E-state index in [-0.39, 0.29) is 0 Å². The number of sulfonamides is 1. The van der Waals surface area contributed by atoms with Crippen LogP contribution < -0.4 is 10.0 Å². The van der Waals surface area contributed by atoms with E-state index in [2.05, 4.69) is 23.9 Å². The predicted molar refractivity (Wildman–Crippen MR) is 84.7 cm³/mol. The van der Waals surface area contributed by atoms with Crippen LogP contribution in [0.1, 0.15) is 45.1 Å². The largest absolute Gasteiger partial charge is 0.382 e. The van der Waals surface area contributed by atoms with Gasteiger partial charge in [-0.05, 0) is 44.5 Å². The van der Waals surface area contributed by atoms with Crippen LogP contribution in [-0.4, -0.2) is 21.5 Å². The van der Waals surface area contributed by atoms with Gasteiger partial charge in [-0.2, -0.15) is 0 Å². The van der Waals surface area contributed by atoms with Gasteiger partial charge < -0.3 is 5.32 Å². The maximum absolute atomic E-state index is 12.0. The van der Waals surface area contributed by atoms with Crippen LogP contribution in [0.5, 0.6) is 0 Å². The van der Waals surface area contributed by atoms with E-state index in [1.165, 1.54) is 7.05 Å². The molecule has 0 aromatic heterocycles. The molecular weight excluding hydrogens is 272 g/mol. The zero-order chi connectivity index (χ0) is 15.2. The van der Waals surface area contributed by atoms with E-state index in [9.17, 15) is 8.42 Å². The normalized spacial score (nSPS) is 11.8. The highest BCUT2D eigenvalue weighted by Gasteiger charge is 2.16. The summed E-state index contributed by atoms with van der Waals surface area (Å²) in [4.78, 5) is 0.344. The van der Waals surface area contributed by atoms with Gasteiger partial charge in [0.2, 0.25) is 10.0 Å². The minimum absolute atomic E-state index is 0.344. The lowest BCUT2D eigenvalue weighted by Crippen LogP contribution is -2.21. The summed E-state index contributed by atoms with van der Waals surface area (Å²) in [6.07, 6.45) is 4.42. The Bertz CT molecular complexity index is 521. The molecule has 114 valence electrons. The van der Waals surface area contributed by atoms with Crippen molar-refractivity contribution in [1.82, 2.24) is 4.72 Å². The van der Waals surface area contributed by atoms with Gasteiger partial charge >= 0.3 is 0 Å². The molecule has 2 N–H and O–H groups in total. The number of benzene rings is 1. The van der Waals surface area contributed by atoms with Crippen LogP contribution >= 0.6 is 0 Å². The third kappa shape index (κ3) is 4.49. The molecule has 0 saturated carbocycles. The summed E-state index contributed by atoms with van der Waals surface area (Å²) in [6.45, 7) is 6.14. The second-order valence-corrected chi connectivity index (χ2v) is 6.96. The monoisotopic (exact) mass is 298 g/mol. The summed E-state index contributed by atoms with van der Waals surface area (Å²) in [5.41, 5.74) is 1.63. The molecule has 0 aliphatic heterocycles. The summed E-state index contributed by atoms with van der Waals surface area (Å²) in [5.74, 6) is 0. The number of rotatable bonds is 8. The molecule has 0 saturated heterocycles. The number of nitrogens with one attached hydrogen (secondary N) is 2. The van der Waals surface area contributed by atoms with E-state index in [0.717, 1.165) is 36.9 Å². The van der Waals surface area contributed by atoms with Gasteiger partial charge in [0.05, 0.1) is 4.90 Å². The van der Waals surface area contributed by atoms with Gasteiger partial charge in [0.25, 0.3) is 0 Å². The first-order chi connectivity index (χ1) is 9.44. The van der Waals surface area contributed by atoms with Crippen molar-refractivity contribution >= 4 is 15.7 Å². The highest BCUT2D eigenvalue weighted by molar-refractivity contribution is 7.89. The lowest BCUT2D eigenvalue weighted by atomic mass is 10.1. The lowest BCUT2D eigenvalue weighted by Gasteiger charge is -2.19. The van der Waals surface area contributed by atoms with E-state index >= 15 is 0 Å². The SMILES string of the molecule is CCCC(CCC)Nc1ccc(C)c(S(=O)(=O)NC)c1. The molecule has 0 amide bonds. The smallest absolute Gasteiger partial charge is 0.240 e. The quantitative estimate of drug-likeness (QED) is 0.774. The Morgan fingerprint density at radius 1 is 1.15 bits per heavy atom. The van der Waals surface area contributed by atoms with Crippen LogP contribution in [0, 0.1) is 6.92 Å². The molecule has 0 spiro atoms. The van der Waals surface area contributed by atoms with Gasteiger partial charge in [-0.1, -0.05) is 32.8 Å². The number of aryl methyl sites for hydroxylation is 1. The van der Waals surface area contributed by atoms with Gasteiger partial charge in [0.1, 0.15) is 0 Å². The van der Waals surface area contributed by atoms with Crippen molar-refractivity contribution < 1.29 is 8.42 Å². The summed E-state index contributed by atoms with van der Waals surface area (Å²) < 4.78 is 26.3. The van der Waals surface area contributed by atoms with Gasteiger partial charge in [-0.25, -0.2) is 13.1 Å². The van der Waals surface area contributed by atoms with Gasteiger partial charge in [-0.15, -0.1) is 0 Å². The fourth-order valence-corrected chi connectivity index (χ4v) is 3.30. The van der Waals surface area contributed by atoms with Crippen LogP contribution in [0.2, 0.25) is 0 Å². The van der Waals surface area contributed by atoms with Crippen LogP contribution in [0.25, 0.3) is 0 Å². The van der Waals surface area contributed by atoms with E-state index < -0.39 is 10.0 Å². The molecule has 0 aliphatic carbocycles. The molecule has 1 aromatic carbocycles. The molecular formula is C15H26N2O2S. The average molecular weight is 298 g/mol. The van der Waals surface area contributed by atoms with Crippen molar-refractivity contribution in [2.75, 3.05) is 12.4 Å². The third-order valence-corrected chi connectivity index (χ3v) is 4.95. The number of hydrogen-bond donors (Lipinski definition) is 2. The van der Waals surface area contributed by atoms with Crippen molar-refractivity contribution in [3.05, 3.63) is 23.8 Å². The Hall–Kier alpha value is -1.07. The van der Waals surface area contributed by atoms with Gasteiger partial charge in [-0.3, -0.25) is 0 Å². The Kier molecular flexibility index (Phi) is 6.49. The fraction of sp³-hybridized carbons (Fsp3) is 0.600. The zero-order valence-electron chi connectivity index (χ0n) is 12.9. The Morgan fingerprint density at radius 2 is 1.75 bits per heavy atom. The van der Waals surface area contributed by atoms with Crippen LogP contribution in [0.15, 0.2) is 23.1 Å². The molecule has 1 aromatic rings. The fourth-order valence-electron chi connectivity index (χ4n) is 2.31. The maximum atomic E-state index is 12.0. The molecule has 0 bridgehead atoms. The van der Waals surface area contributed by atoms with Crippen molar-refractivity contribution in [3.63, 3.8) is 0 Å². The van der Waals surface area contributed by atoms with Crippen LogP contribution in [0.4, 0.5) is 5.69 Å². The molecule has 0 aliphatic rings. The van der Waals surface area contributed by atoms with E-state index in [4.69, 9.17) is 0 Å². The van der Waals surface area contributed by atoms with Crippen LogP contribution in [0.3, 0.4) is 0 Å². The second-order valence-electron chi connectivity index (χ2n) is 5.11. The Balaban J connectivity index is 3.00. The first-order valence-electron chi connectivity index (χ1n) is 7.25. The summed E-state index contributed by atoms with van der Waals surface area (Å²) in [7, 11) is -1.97. The molecule has 1 rings (SSSR count). The molecule has 0 heterocycles. The molecule has 0 fully saturated rings. The molecule has 20 heavy (non-hydrogen) atoms. The topological polar surface area (TPSA) is 58.2 Å². The molecule has 5 heteroatoms. The average Bonchev–Trinajstić information content (AvgIpc) is 2.41. The van der Waals surface area contributed by atoms with Gasteiger partial charge in [0, 0.05) is 11.7 Å². The summed E-state index contributed by atoms with van der Waals surface area (Å²) in [6, 6.07) is 5.92. The first kappa shape index (κ1) is 17.0. The number of hydrogen-bond acceptors (Lipinski definition) is 3. The van der Waals surface area contributed by atoms with Gasteiger partial charge in [0.15, 0.2) is 0 Å². The first-order valence-corrected chi connectivity index (χ1v) is 8.73. The molecule has 0 radical (unpaired) electrons. The van der Waals surface area contributed by atoms with E-state index in [1.54, 1.807) is 6.07 Å². The molecule has 4 nitrogen and oxygen atoms in total. The third-order valence-electron chi connectivity index (χ3n) is 3.39. The second kappa shape index (κ2) is 7.64. The minimum atomic E-state index is -3.40. The summed E-state index contributed by atoms with van der Waals surface area (Å²) >= 11 is 0. The number of anilines is 1. The zero-order valence-corrected chi connectivity index (χ0v) is 13.7. The minimum Gasteiger partial charge on any atom is -0.382 e. The molecule has 0 atom stereocenters. The van der Waals surface area contributed by atoms with Crippen molar-refractivity contribution in [3.8, 4) is 0 Å². The highest BCUT2D eigenvalue weighted by Crippen LogP contribution is 2.22. The van der Waals surface area contributed by atoms with Crippen molar-refractivity contribution in [1.29, 1.82) is 0 Å². The van der Waals surface area contributed by atoms with Crippen molar-refractivity contribution in [2.24, 2.45) is 0 Å². The maximum Gasteiger partial charge on any atom is 0.240 e. The highest BCUT2D eigenvalue weighted by atomic mass is 32.2. The molecule has 0 unspecified atom stereocenters. The lowest BCUT2D eigenvalue weighted by molar-refractivity contribution is 0.583. The predicted octanol–water partition coefficient (Wildman–Crippen LogP) is 3.28. The van der Waals surface area contributed by atoms with E-state index in [0.29, 0.717) is 10.9 Å².